The summed E-state index contributed by atoms with van der Waals surface area (Å²) < 4.78 is 11.8. The van der Waals surface area contributed by atoms with Crippen molar-refractivity contribution in [1.29, 1.82) is 0 Å². The fourth-order valence-corrected chi connectivity index (χ4v) is 2.22. The lowest BCUT2D eigenvalue weighted by Crippen LogP contribution is -2.16. The van der Waals surface area contributed by atoms with Crippen LogP contribution in [-0.4, -0.2) is 25.2 Å². The summed E-state index contributed by atoms with van der Waals surface area (Å²) in [6, 6.07) is 5.05. The van der Waals surface area contributed by atoms with Gasteiger partial charge in [-0.15, -0.1) is 0 Å². The van der Waals surface area contributed by atoms with E-state index in [1.807, 2.05) is 0 Å². The van der Waals surface area contributed by atoms with Crippen molar-refractivity contribution < 1.29 is 14.3 Å². The summed E-state index contributed by atoms with van der Waals surface area (Å²) in [7, 11) is 0. The first-order valence-electron chi connectivity index (χ1n) is 5.50. The third-order valence-corrected chi connectivity index (χ3v) is 3.28. The molecule has 2 rings (SSSR count). The van der Waals surface area contributed by atoms with Crippen LogP contribution in [0.25, 0.3) is 0 Å². The van der Waals surface area contributed by atoms with Gasteiger partial charge in [0.1, 0.15) is 12.4 Å². The largest absolute Gasteiger partial charge is 0.490 e. The topological polar surface area (TPSA) is 61.6 Å². The molecule has 2 N–H and O–H groups in total. The number of carbonyl (C=O) groups excluding carboxylic acids is 1. The summed E-state index contributed by atoms with van der Waals surface area (Å²) in [6.07, 6.45) is 2.31. The molecule has 5 heteroatoms. The Balaban J connectivity index is 1.98. The number of hydrogen-bond donors (Lipinski definition) is 1. The molecule has 1 atom stereocenters. The third-order valence-electron chi connectivity index (χ3n) is 2.67. The van der Waals surface area contributed by atoms with E-state index in [1.165, 1.54) is 0 Å². The zero-order valence-corrected chi connectivity index (χ0v) is 10.9. The number of ether oxygens (including phenoxy) is 2. The van der Waals surface area contributed by atoms with Crippen LogP contribution in [0.4, 0.5) is 0 Å². The highest BCUT2D eigenvalue weighted by Crippen LogP contribution is 2.26. The summed E-state index contributed by atoms with van der Waals surface area (Å²) >= 11 is 3.35. The molecule has 0 bridgehead atoms. The van der Waals surface area contributed by atoms with Crippen LogP contribution in [0.2, 0.25) is 0 Å². The maximum absolute atomic E-state index is 11.0. The first kappa shape index (κ1) is 12.4. The summed E-state index contributed by atoms with van der Waals surface area (Å²) in [5, 5.41) is 0. The van der Waals surface area contributed by atoms with E-state index in [1.54, 1.807) is 18.2 Å². The molecule has 1 aliphatic heterocycles. The minimum atomic E-state index is -0.448. The van der Waals surface area contributed by atoms with Gasteiger partial charge in [-0.3, -0.25) is 4.79 Å². The number of amides is 1. The van der Waals surface area contributed by atoms with Crippen molar-refractivity contribution in [3.63, 3.8) is 0 Å². The summed E-state index contributed by atoms with van der Waals surface area (Å²) in [5.74, 6) is 0.252. The molecule has 1 fully saturated rings. The number of halogens is 1. The second kappa shape index (κ2) is 5.51. The monoisotopic (exact) mass is 299 g/mol. The fourth-order valence-electron chi connectivity index (χ4n) is 1.73. The van der Waals surface area contributed by atoms with Gasteiger partial charge in [-0.25, -0.2) is 0 Å². The average Bonchev–Trinajstić information content (AvgIpc) is 2.80. The standard InChI is InChI=1S/C12H14BrNO3/c13-10-6-8(12(14)15)3-4-11(10)17-7-9-2-1-5-16-9/h3-4,6,9H,1-2,5,7H2,(H2,14,15). The molecule has 0 radical (unpaired) electrons. The molecule has 0 saturated carbocycles. The molecule has 1 aromatic carbocycles. The molecule has 0 spiro atoms. The Labute approximate surface area is 108 Å². The molecule has 1 unspecified atom stereocenters. The number of primary amides is 1. The minimum Gasteiger partial charge on any atom is -0.490 e. The fraction of sp³-hybridized carbons (Fsp3) is 0.417. The van der Waals surface area contributed by atoms with Gasteiger partial charge in [-0.1, -0.05) is 0 Å². The van der Waals surface area contributed by atoms with Gasteiger partial charge in [0.2, 0.25) is 5.91 Å². The van der Waals surface area contributed by atoms with Crippen molar-refractivity contribution in [2.45, 2.75) is 18.9 Å². The van der Waals surface area contributed by atoms with Crippen LogP contribution >= 0.6 is 15.9 Å². The highest BCUT2D eigenvalue weighted by Gasteiger charge is 2.16. The smallest absolute Gasteiger partial charge is 0.248 e. The third kappa shape index (κ3) is 3.20. The quantitative estimate of drug-likeness (QED) is 0.926. The molecule has 4 nitrogen and oxygen atoms in total. The Morgan fingerprint density at radius 1 is 1.59 bits per heavy atom. The summed E-state index contributed by atoms with van der Waals surface area (Å²) in [5.41, 5.74) is 5.65. The molecule has 17 heavy (non-hydrogen) atoms. The van der Waals surface area contributed by atoms with Crippen molar-refractivity contribution >= 4 is 21.8 Å². The summed E-state index contributed by atoms with van der Waals surface area (Å²) in [6.45, 7) is 1.35. The van der Waals surface area contributed by atoms with Crippen LogP contribution in [-0.2, 0) is 4.74 Å². The molecule has 92 valence electrons. The minimum absolute atomic E-state index is 0.178. The zero-order chi connectivity index (χ0) is 12.3. The van der Waals surface area contributed by atoms with Gasteiger partial charge in [0.25, 0.3) is 0 Å². The lowest BCUT2D eigenvalue weighted by Gasteiger charge is -2.12. The lowest BCUT2D eigenvalue weighted by atomic mass is 10.2. The Kier molecular flexibility index (Phi) is 4.02. The molecule has 1 heterocycles. The van der Waals surface area contributed by atoms with E-state index in [9.17, 15) is 4.79 Å². The van der Waals surface area contributed by atoms with E-state index >= 15 is 0 Å². The molecular formula is C12H14BrNO3. The molecule has 0 aromatic heterocycles. The molecular weight excluding hydrogens is 286 g/mol. The van der Waals surface area contributed by atoms with Gasteiger partial charge in [0.15, 0.2) is 0 Å². The van der Waals surface area contributed by atoms with Crippen LogP contribution < -0.4 is 10.5 Å². The van der Waals surface area contributed by atoms with Crippen molar-refractivity contribution in [2.24, 2.45) is 5.73 Å². The van der Waals surface area contributed by atoms with Crippen molar-refractivity contribution in [1.82, 2.24) is 0 Å². The van der Waals surface area contributed by atoms with Gasteiger partial charge >= 0.3 is 0 Å². The van der Waals surface area contributed by atoms with Gasteiger partial charge in [0, 0.05) is 12.2 Å². The van der Waals surface area contributed by atoms with Gasteiger partial charge < -0.3 is 15.2 Å². The SMILES string of the molecule is NC(=O)c1ccc(OCC2CCCO2)c(Br)c1. The Bertz CT molecular complexity index is 416. The average molecular weight is 300 g/mol. The highest BCUT2D eigenvalue weighted by atomic mass is 79.9. The number of nitrogens with two attached hydrogens (primary N) is 1. The van der Waals surface area contributed by atoms with E-state index in [0.29, 0.717) is 17.9 Å². The van der Waals surface area contributed by atoms with Gasteiger partial charge in [0.05, 0.1) is 10.6 Å². The van der Waals surface area contributed by atoms with E-state index in [4.69, 9.17) is 15.2 Å². The normalized spacial score (nSPS) is 19.2. The van der Waals surface area contributed by atoms with Gasteiger partial charge in [-0.05, 0) is 47.0 Å². The van der Waals surface area contributed by atoms with Crippen LogP contribution in [0, 0.1) is 0 Å². The number of rotatable bonds is 4. The first-order chi connectivity index (χ1) is 8.16. The van der Waals surface area contributed by atoms with Crippen molar-refractivity contribution in [3.8, 4) is 5.75 Å². The molecule has 1 aliphatic rings. The first-order valence-corrected chi connectivity index (χ1v) is 6.30. The zero-order valence-electron chi connectivity index (χ0n) is 9.32. The van der Waals surface area contributed by atoms with Crippen LogP contribution in [0.3, 0.4) is 0 Å². The van der Waals surface area contributed by atoms with Gasteiger partial charge in [-0.2, -0.15) is 0 Å². The Hall–Kier alpha value is -1.07. The van der Waals surface area contributed by atoms with Crippen LogP contribution in [0.5, 0.6) is 5.75 Å². The van der Waals surface area contributed by atoms with E-state index in [2.05, 4.69) is 15.9 Å². The summed E-state index contributed by atoms with van der Waals surface area (Å²) in [4.78, 5) is 11.0. The van der Waals surface area contributed by atoms with E-state index in [0.717, 1.165) is 23.9 Å². The van der Waals surface area contributed by atoms with E-state index < -0.39 is 5.91 Å². The molecule has 1 aromatic rings. The molecule has 0 aliphatic carbocycles. The maximum atomic E-state index is 11.0. The van der Waals surface area contributed by atoms with Crippen molar-refractivity contribution in [2.75, 3.05) is 13.2 Å². The molecule has 1 amide bonds. The molecule has 1 saturated heterocycles. The predicted octanol–water partition coefficient (Wildman–Crippen LogP) is 2.11. The second-order valence-electron chi connectivity index (χ2n) is 3.96. The van der Waals surface area contributed by atoms with Crippen LogP contribution in [0.1, 0.15) is 23.2 Å². The Morgan fingerprint density at radius 2 is 2.41 bits per heavy atom. The number of hydrogen-bond acceptors (Lipinski definition) is 3. The lowest BCUT2D eigenvalue weighted by molar-refractivity contribution is 0.0677. The number of benzene rings is 1. The van der Waals surface area contributed by atoms with E-state index in [-0.39, 0.29) is 6.10 Å². The highest BCUT2D eigenvalue weighted by molar-refractivity contribution is 9.10. The van der Waals surface area contributed by atoms with Crippen molar-refractivity contribution in [3.05, 3.63) is 28.2 Å². The number of carbonyl (C=O) groups is 1. The van der Waals surface area contributed by atoms with Crippen LogP contribution in [0.15, 0.2) is 22.7 Å². The predicted molar refractivity (Wildman–Crippen MR) is 67.1 cm³/mol. The maximum Gasteiger partial charge on any atom is 0.248 e. The second-order valence-corrected chi connectivity index (χ2v) is 4.81. The Morgan fingerprint density at radius 3 is 3.00 bits per heavy atom.